The zero-order valence-corrected chi connectivity index (χ0v) is 7.13. The second-order valence-corrected chi connectivity index (χ2v) is 2.42. The molecular formula is C8H9N3O2. The van der Waals surface area contributed by atoms with Gasteiger partial charge in [-0.05, 0) is 0 Å². The van der Waals surface area contributed by atoms with Crippen LogP contribution < -0.4 is 17.0 Å². The van der Waals surface area contributed by atoms with E-state index in [1.165, 1.54) is 17.8 Å². The number of aromatic nitrogens is 2. The van der Waals surface area contributed by atoms with Gasteiger partial charge < -0.3 is 10.3 Å². The van der Waals surface area contributed by atoms with Gasteiger partial charge >= 0.3 is 5.69 Å². The molecule has 13 heavy (non-hydrogen) atoms. The third kappa shape index (κ3) is 2.07. The van der Waals surface area contributed by atoms with E-state index < -0.39 is 11.2 Å². The molecule has 0 spiro atoms. The average Bonchev–Trinajstić information content (AvgIpc) is 2.09. The van der Waals surface area contributed by atoms with Crippen LogP contribution in [0.25, 0.3) is 0 Å². The molecule has 0 aromatic carbocycles. The van der Waals surface area contributed by atoms with E-state index in [0.717, 1.165) is 0 Å². The maximum absolute atomic E-state index is 11.1. The first-order chi connectivity index (χ1) is 6.15. The molecule has 5 heteroatoms. The maximum Gasteiger partial charge on any atom is 0.328 e. The molecule has 0 amide bonds. The summed E-state index contributed by atoms with van der Waals surface area (Å²) in [6.45, 7) is 0.183. The minimum atomic E-state index is -0.482. The number of hydrogen-bond acceptors (Lipinski definition) is 3. The number of aryl methyl sites for hydroxylation is 1. The van der Waals surface area contributed by atoms with Gasteiger partial charge in [0.25, 0.3) is 5.56 Å². The molecule has 68 valence electrons. The number of nitrogens with two attached hydrogens (primary N) is 1. The molecule has 0 aliphatic heterocycles. The van der Waals surface area contributed by atoms with Crippen molar-refractivity contribution in [3.63, 3.8) is 0 Å². The van der Waals surface area contributed by atoms with Crippen LogP contribution in [0.5, 0.6) is 0 Å². The highest BCUT2D eigenvalue weighted by molar-refractivity contribution is 5.29. The summed E-state index contributed by atoms with van der Waals surface area (Å²) >= 11 is 0. The summed E-state index contributed by atoms with van der Waals surface area (Å²) in [7, 11) is 1.53. The number of H-pyrrole nitrogens is 1. The number of rotatable bonds is 0. The Morgan fingerprint density at radius 1 is 1.62 bits per heavy atom. The van der Waals surface area contributed by atoms with Crippen LogP contribution in [0.2, 0.25) is 0 Å². The first-order valence-electron chi connectivity index (χ1n) is 3.64. The van der Waals surface area contributed by atoms with E-state index in [9.17, 15) is 9.59 Å². The largest absolute Gasteiger partial charge is 0.328 e. The minimum Gasteiger partial charge on any atom is -0.320 e. The van der Waals surface area contributed by atoms with Crippen molar-refractivity contribution < 1.29 is 0 Å². The van der Waals surface area contributed by atoms with E-state index in [1.54, 1.807) is 0 Å². The van der Waals surface area contributed by atoms with Gasteiger partial charge in [0.15, 0.2) is 0 Å². The lowest BCUT2D eigenvalue weighted by molar-refractivity contribution is 0.795. The molecule has 1 rings (SSSR count). The molecule has 0 atom stereocenters. The SMILES string of the molecule is Cn1cc(C#CCN)c(=O)[nH]c1=O. The Balaban J connectivity index is 3.32. The summed E-state index contributed by atoms with van der Waals surface area (Å²) in [5, 5.41) is 0. The lowest BCUT2D eigenvalue weighted by Gasteiger charge is -1.94. The summed E-state index contributed by atoms with van der Waals surface area (Å²) in [5.74, 6) is 5.10. The normalized spacial score (nSPS) is 9.08. The van der Waals surface area contributed by atoms with Crippen molar-refractivity contribution in [1.29, 1.82) is 0 Å². The van der Waals surface area contributed by atoms with Crippen molar-refractivity contribution in [2.24, 2.45) is 12.8 Å². The van der Waals surface area contributed by atoms with Gasteiger partial charge in [0.1, 0.15) is 5.56 Å². The van der Waals surface area contributed by atoms with Crippen molar-refractivity contribution in [2.75, 3.05) is 6.54 Å². The smallest absolute Gasteiger partial charge is 0.320 e. The predicted octanol–water partition coefficient (Wildman–Crippen LogP) is -1.62. The molecule has 0 radical (unpaired) electrons. The molecule has 0 aliphatic rings. The Morgan fingerprint density at radius 3 is 2.92 bits per heavy atom. The topological polar surface area (TPSA) is 80.9 Å². The van der Waals surface area contributed by atoms with Crippen molar-refractivity contribution in [3.05, 3.63) is 32.6 Å². The molecule has 0 saturated heterocycles. The monoisotopic (exact) mass is 179 g/mol. The Bertz CT molecular complexity index is 473. The fraction of sp³-hybridized carbons (Fsp3) is 0.250. The maximum atomic E-state index is 11.1. The molecule has 0 aliphatic carbocycles. The van der Waals surface area contributed by atoms with Crippen molar-refractivity contribution in [2.45, 2.75) is 0 Å². The van der Waals surface area contributed by atoms with Crippen LogP contribution in [0.15, 0.2) is 15.8 Å². The molecule has 3 N–H and O–H groups in total. The summed E-state index contributed by atoms with van der Waals surface area (Å²) in [5.41, 5.74) is 4.45. The molecule has 0 unspecified atom stereocenters. The van der Waals surface area contributed by atoms with E-state index >= 15 is 0 Å². The zero-order valence-electron chi connectivity index (χ0n) is 7.13. The number of aromatic amines is 1. The summed E-state index contributed by atoms with van der Waals surface area (Å²) < 4.78 is 1.25. The third-order valence-corrected chi connectivity index (χ3v) is 1.43. The van der Waals surface area contributed by atoms with Gasteiger partial charge in [0, 0.05) is 13.2 Å². The van der Waals surface area contributed by atoms with Crippen LogP contribution in [-0.2, 0) is 7.05 Å². The fourth-order valence-electron chi connectivity index (χ4n) is 0.799. The zero-order chi connectivity index (χ0) is 9.84. The second kappa shape index (κ2) is 3.74. The van der Waals surface area contributed by atoms with Gasteiger partial charge in [0.05, 0.1) is 6.54 Å². The molecule has 5 nitrogen and oxygen atoms in total. The molecule has 1 heterocycles. The quantitative estimate of drug-likeness (QED) is 0.470. The van der Waals surface area contributed by atoms with Crippen LogP contribution in [0.3, 0.4) is 0 Å². The Labute approximate surface area is 74.2 Å². The van der Waals surface area contributed by atoms with Crippen LogP contribution in [-0.4, -0.2) is 16.1 Å². The standard InChI is InChI=1S/C8H9N3O2/c1-11-5-6(3-2-4-9)7(12)10-8(11)13/h5H,4,9H2,1H3,(H,10,12,13). The van der Waals surface area contributed by atoms with Crippen LogP contribution in [0.1, 0.15) is 5.56 Å². The Hall–Kier alpha value is -1.80. The fourth-order valence-corrected chi connectivity index (χ4v) is 0.799. The van der Waals surface area contributed by atoms with E-state index in [2.05, 4.69) is 16.8 Å². The van der Waals surface area contributed by atoms with Gasteiger partial charge in [-0.1, -0.05) is 11.8 Å². The Morgan fingerprint density at radius 2 is 2.31 bits per heavy atom. The van der Waals surface area contributed by atoms with Crippen molar-refractivity contribution >= 4 is 0 Å². The summed E-state index contributed by atoms with van der Waals surface area (Å²) in [6, 6.07) is 0. The van der Waals surface area contributed by atoms with Crippen molar-refractivity contribution in [3.8, 4) is 11.8 Å². The highest BCUT2D eigenvalue weighted by atomic mass is 16.2. The van der Waals surface area contributed by atoms with Crippen LogP contribution in [0, 0.1) is 11.8 Å². The predicted molar refractivity (Wildman–Crippen MR) is 48.2 cm³/mol. The second-order valence-electron chi connectivity index (χ2n) is 2.42. The molecule has 0 bridgehead atoms. The van der Waals surface area contributed by atoms with Gasteiger partial charge in [-0.2, -0.15) is 0 Å². The highest BCUT2D eigenvalue weighted by Crippen LogP contribution is 1.80. The lowest BCUT2D eigenvalue weighted by atomic mass is 10.3. The molecule has 0 saturated carbocycles. The van der Waals surface area contributed by atoms with Crippen LogP contribution >= 0.6 is 0 Å². The van der Waals surface area contributed by atoms with E-state index in [-0.39, 0.29) is 12.1 Å². The molecule has 1 aromatic rings. The molecule has 0 fully saturated rings. The Kier molecular flexibility index (Phi) is 2.67. The summed E-state index contributed by atoms with van der Waals surface area (Å²) in [6.07, 6.45) is 1.38. The average molecular weight is 179 g/mol. The first kappa shape index (κ1) is 9.29. The number of hydrogen-bond donors (Lipinski definition) is 2. The van der Waals surface area contributed by atoms with Gasteiger partial charge in [-0.25, -0.2) is 4.79 Å². The van der Waals surface area contributed by atoms with E-state index in [4.69, 9.17) is 5.73 Å². The van der Waals surface area contributed by atoms with Gasteiger partial charge in [-0.15, -0.1) is 0 Å². The highest BCUT2D eigenvalue weighted by Gasteiger charge is 1.97. The van der Waals surface area contributed by atoms with E-state index in [1.807, 2.05) is 0 Å². The van der Waals surface area contributed by atoms with Gasteiger partial charge in [0.2, 0.25) is 0 Å². The number of nitrogens with one attached hydrogen (secondary N) is 1. The van der Waals surface area contributed by atoms with Crippen LogP contribution in [0.4, 0.5) is 0 Å². The van der Waals surface area contributed by atoms with Gasteiger partial charge in [-0.3, -0.25) is 9.78 Å². The van der Waals surface area contributed by atoms with Crippen molar-refractivity contribution in [1.82, 2.24) is 9.55 Å². The summed E-state index contributed by atoms with van der Waals surface area (Å²) in [4.78, 5) is 24.1. The lowest BCUT2D eigenvalue weighted by Crippen LogP contribution is -2.29. The number of nitrogens with zero attached hydrogens (tertiary/aromatic N) is 1. The minimum absolute atomic E-state index is 0.183. The van der Waals surface area contributed by atoms with E-state index in [0.29, 0.717) is 0 Å². The molecule has 1 aromatic heterocycles. The third-order valence-electron chi connectivity index (χ3n) is 1.43. The molecular weight excluding hydrogens is 170 g/mol. The first-order valence-corrected chi connectivity index (χ1v) is 3.64.